The third-order valence-corrected chi connectivity index (χ3v) is 8.21. The van der Waals surface area contributed by atoms with Gasteiger partial charge in [-0.2, -0.15) is 0 Å². The van der Waals surface area contributed by atoms with Gasteiger partial charge in [0.05, 0.1) is 5.56 Å². The Morgan fingerprint density at radius 2 is 1.94 bits per heavy atom. The third kappa shape index (κ3) is 4.46. The highest BCUT2D eigenvalue weighted by Crippen LogP contribution is 2.32. The van der Waals surface area contributed by atoms with Crippen LogP contribution in [-0.4, -0.2) is 53.6 Å². The standard InChI is InChI=1S/C27H30N6O2S/c1-16-13-19(14-20(15-28)23(16)29)25(34)24-17(2)36-27(31-24)32-10-8-21(9-11-32)33-12-7-18-5-3-4-6-22(18)30-26(33)35/h3-6,13-15,21,28H,7-12,29H2,1-2H3,(H,30,35)/p+1. The minimum absolute atomic E-state index is 0.0238. The van der Waals surface area contributed by atoms with E-state index in [1.165, 1.54) is 23.1 Å². The van der Waals surface area contributed by atoms with Crippen molar-refractivity contribution in [1.29, 1.82) is 0 Å². The smallest absolute Gasteiger partial charge is 0.322 e. The summed E-state index contributed by atoms with van der Waals surface area (Å²) in [6.45, 7) is 6.09. The van der Waals surface area contributed by atoms with E-state index in [0.29, 0.717) is 29.1 Å². The number of aryl methyl sites for hydroxylation is 2. The van der Waals surface area contributed by atoms with Gasteiger partial charge in [0.2, 0.25) is 5.78 Å². The van der Waals surface area contributed by atoms with E-state index in [1.807, 2.05) is 36.9 Å². The van der Waals surface area contributed by atoms with Crippen LogP contribution in [0, 0.1) is 13.8 Å². The van der Waals surface area contributed by atoms with Crippen molar-refractivity contribution < 1.29 is 15.0 Å². The molecule has 0 atom stereocenters. The van der Waals surface area contributed by atoms with Crippen LogP contribution in [0.3, 0.4) is 0 Å². The summed E-state index contributed by atoms with van der Waals surface area (Å²) in [5.41, 5.74) is 11.2. The summed E-state index contributed by atoms with van der Waals surface area (Å²) >= 11 is 1.54. The maximum absolute atomic E-state index is 13.3. The molecule has 8 nitrogen and oxygen atoms in total. The zero-order chi connectivity index (χ0) is 25.4. The number of para-hydroxylation sites is 1. The molecule has 1 fully saturated rings. The van der Waals surface area contributed by atoms with E-state index in [0.717, 1.165) is 53.6 Å². The zero-order valence-corrected chi connectivity index (χ0v) is 21.4. The molecule has 3 aromatic rings. The Kier molecular flexibility index (Phi) is 6.49. The molecule has 0 aliphatic carbocycles. The molecule has 0 saturated carbocycles. The van der Waals surface area contributed by atoms with Gasteiger partial charge in [-0.25, -0.2) is 9.78 Å². The average molecular weight is 504 g/mol. The van der Waals surface area contributed by atoms with Gasteiger partial charge in [0.25, 0.3) is 0 Å². The summed E-state index contributed by atoms with van der Waals surface area (Å²) in [5.74, 6) is -0.128. The first-order valence-corrected chi connectivity index (χ1v) is 13.0. The number of nitrogens with one attached hydrogen (secondary N) is 1. The molecular weight excluding hydrogens is 472 g/mol. The topological polar surface area (TPSA) is 117 Å². The van der Waals surface area contributed by atoms with Crippen LogP contribution in [0.2, 0.25) is 0 Å². The number of hydrogen-bond acceptors (Lipinski definition) is 6. The number of urea groups is 1. The number of aromatic nitrogens is 1. The molecule has 36 heavy (non-hydrogen) atoms. The second-order valence-electron chi connectivity index (χ2n) is 9.44. The summed E-state index contributed by atoms with van der Waals surface area (Å²) in [6.07, 6.45) is 3.99. The molecule has 2 aromatic carbocycles. The van der Waals surface area contributed by atoms with E-state index in [9.17, 15) is 9.59 Å². The lowest BCUT2D eigenvalue weighted by Crippen LogP contribution is -2.48. The number of piperidine rings is 1. The second-order valence-corrected chi connectivity index (χ2v) is 10.6. The lowest BCUT2D eigenvalue weighted by molar-refractivity contribution is -0.104. The van der Waals surface area contributed by atoms with Gasteiger partial charge < -0.3 is 20.9 Å². The van der Waals surface area contributed by atoms with Crippen LogP contribution < -0.4 is 21.4 Å². The number of carbonyl (C=O) groups excluding carboxylic acids is 2. The van der Waals surface area contributed by atoms with E-state index >= 15 is 0 Å². The number of nitrogen functional groups attached to an aromatic ring is 1. The van der Waals surface area contributed by atoms with Crippen LogP contribution >= 0.6 is 11.3 Å². The molecule has 2 aliphatic heterocycles. The number of carbonyl (C=O) groups is 2. The fourth-order valence-corrected chi connectivity index (χ4v) is 6.02. The van der Waals surface area contributed by atoms with Crippen molar-refractivity contribution in [3.05, 3.63) is 69.2 Å². The second kappa shape index (κ2) is 9.73. The fraction of sp³-hybridized carbons (Fsp3) is 0.333. The molecule has 9 heteroatoms. The Morgan fingerprint density at radius 3 is 2.69 bits per heavy atom. The number of nitrogens with zero attached hydrogens (tertiary/aromatic N) is 3. The zero-order valence-electron chi connectivity index (χ0n) is 20.6. The Bertz CT molecular complexity index is 1340. The summed E-state index contributed by atoms with van der Waals surface area (Å²) in [7, 11) is 0. The molecule has 0 radical (unpaired) electrons. The Labute approximate surface area is 214 Å². The number of fused-ring (bicyclic) bond motifs is 1. The van der Waals surface area contributed by atoms with Gasteiger partial charge in [0, 0.05) is 47.5 Å². The summed E-state index contributed by atoms with van der Waals surface area (Å²) in [6, 6.07) is 11.7. The Balaban J connectivity index is 1.27. The fourth-order valence-electron chi connectivity index (χ4n) is 5.07. The highest BCUT2D eigenvalue weighted by atomic mass is 32.1. The van der Waals surface area contributed by atoms with E-state index < -0.39 is 0 Å². The Morgan fingerprint density at radius 1 is 1.19 bits per heavy atom. The van der Waals surface area contributed by atoms with Crippen molar-refractivity contribution in [2.24, 2.45) is 0 Å². The monoisotopic (exact) mass is 503 g/mol. The normalized spacial score (nSPS) is 16.3. The van der Waals surface area contributed by atoms with E-state index in [-0.39, 0.29) is 17.9 Å². The minimum atomic E-state index is -0.128. The number of ketones is 1. The van der Waals surface area contributed by atoms with E-state index in [2.05, 4.69) is 16.3 Å². The van der Waals surface area contributed by atoms with Gasteiger partial charge in [-0.1, -0.05) is 18.2 Å². The molecule has 3 heterocycles. The van der Waals surface area contributed by atoms with Crippen molar-refractivity contribution in [3.63, 3.8) is 0 Å². The Hall–Kier alpha value is -3.72. The molecule has 186 valence electrons. The van der Waals surface area contributed by atoms with E-state index in [1.54, 1.807) is 12.1 Å². The van der Waals surface area contributed by atoms with Gasteiger partial charge in [0.15, 0.2) is 11.3 Å². The molecule has 2 amide bonds. The van der Waals surface area contributed by atoms with E-state index in [4.69, 9.17) is 16.1 Å². The summed E-state index contributed by atoms with van der Waals surface area (Å²) in [5, 5.41) is 9.62. The molecule has 1 saturated heterocycles. The first kappa shape index (κ1) is 24.0. The largest absolute Gasteiger partial charge is 0.398 e. The number of amides is 2. The van der Waals surface area contributed by atoms with Gasteiger partial charge in [-0.15, -0.1) is 11.3 Å². The quantitative estimate of drug-likeness (QED) is 0.281. The summed E-state index contributed by atoms with van der Waals surface area (Å²) in [4.78, 5) is 36.0. The first-order valence-electron chi connectivity index (χ1n) is 12.2. The highest BCUT2D eigenvalue weighted by molar-refractivity contribution is 7.15. The van der Waals surface area contributed by atoms with Crippen LogP contribution in [0.4, 0.5) is 21.3 Å². The van der Waals surface area contributed by atoms with Crippen molar-refractivity contribution in [2.45, 2.75) is 39.2 Å². The number of hydrogen-bond donors (Lipinski definition) is 3. The average Bonchev–Trinajstić information content (AvgIpc) is 3.19. The molecule has 0 bridgehead atoms. The molecule has 5 N–H and O–H groups in total. The first-order chi connectivity index (χ1) is 17.4. The van der Waals surface area contributed by atoms with Crippen molar-refractivity contribution in [2.75, 3.05) is 35.6 Å². The number of benzene rings is 2. The molecule has 1 aromatic heterocycles. The van der Waals surface area contributed by atoms with Crippen molar-refractivity contribution in [3.8, 4) is 0 Å². The molecular formula is C27H31N6O2S+. The molecule has 5 rings (SSSR count). The van der Waals surface area contributed by atoms with Crippen molar-refractivity contribution >= 4 is 45.9 Å². The van der Waals surface area contributed by atoms with Crippen LogP contribution in [0.25, 0.3) is 0 Å². The molecule has 2 aliphatic rings. The number of rotatable bonds is 5. The predicted molar refractivity (Wildman–Crippen MR) is 144 cm³/mol. The number of thiazole rings is 1. The highest BCUT2D eigenvalue weighted by Gasteiger charge is 2.31. The number of anilines is 3. The van der Waals surface area contributed by atoms with Crippen LogP contribution in [0.5, 0.6) is 0 Å². The van der Waals surface area contributed by atoms with Crippen molar-refractivity contribution in [1.82, 2.24) is 9.88 Å². The third-order valence-electron chi connectivity index (χ3n) is 7.18. The lowest BCUT2D eigenvalue weighted by Gasteiger charge is -2.37. The maximum atomic E-state index is 13.3. The van der Waals surface area contributed by atoms with Crippen LogP contribution in [0.1, 0.15) is 50.5 Å². The lowest BCUT2D eigenvalue weighted by atomic mass is 10.00. The van der Waals surface area contributed by atoms with Crippen LogP contribution in [-0.2, 0) is 6.42 Å². The van der Waals surface area contributed by atoms with Gasteiger partial charge in [0.1, 0.15) is 5.69 Å². The summed E-state index contributed by atoms with van der Waals surface area (Å²) < 4.78 is 0. The van der Waals surface area contributed by atoms with Gasteiger partial charge >= 0.3 is 6.03 Å². The minimum Gasteiger partial charge on any atom is -0.398 e. The SMILES string of the molecule is Cc1cc(C(=O)c2nc(N3CCC(N4CCc5ccccc5NC4=O)CC3)sc2C)cc(C=[NH2+])c1N. The van der Waals surface area contributed by atoms with Gasteiger partial charge in [-0.3, -0.25) is 10.2 Å². The maximum Gasteiger partial charge on any atom is 0.322 e. The molecule has 0 spiro atoms. The molecule has 0 unspecified atom stereocenters. The van der Waals surface area contributed by atoms with Crippen LogP contribution in [0.15, 0.2) is 36.4 Å². The van der Waals surface area contributed by atoms with Gasteiger partial charge in [-0.05, 0) is 62.4 Å². The predicted octanol–water partition coefficient (Wildman–Crippen LogP) is 2.81. The number of nitrogens with two attached hydrogens (primary N) is 2.